The second-order valence-electron chi connectivity index (χ2n) is 3.65. The Bertz CT molecular complexity index is 359. The summed E-state index contributed by atoms with van der Waals surface area (Å²) >= 11 is 0. The highest BCUT2D eigenvalue weighted by atomic mass is 16.6. The van der Waals surface area contributed by atoms with E-state index in [1.165, 1.54) is 0 Å². The third-order valence-electron chi connectivity index (χ3n) is 2.49. The molecule has 80 valence electrons. The Morgan fingerprint density at radius 3 is 2.53 bits per heavy atom. The summed E-state index contributed by atoms with van der Waals surface area (Å²) in [6.07, 6.45) is -0.274. The number of anilines is 1. The average Bonchev–Trinajstić information content (AvgIpc) is 2.65. The van der Waals surface area contributed by atoms with E-state index in [1.807, 2.05) is 31.2 Å². The smallest absolute Gasteiger partial charge is 0.414 e. The molecule has 1 aromatic carbocycles. The first-order valence-electron chi connectivity index (χ1n) is 4.98. The van der Waals surface area contributed by atoms with Gasteiger partial charge < -0.3 is 10.5 Å². The van der Waals surface area contributed by atoms with Gasteiger partial charge in [-0.15, -0.1) is 0 Å². The van der Waals surface area contributed by atoms with E-state index >= 15 is 0 Å². The Balaban J connectivity index is 2.19. The number of cyclic esters (lactones) is 1. The molecule has 1 atom stereocenters. The van der Waals surface area contributed by atoms with Crippen LogP contribution in [-0.2, 0) is 4.74 Å². The maximum Gasteiger partial charge on any atom is 0.414 e. The van der Waals surface area contributed by atoms with Gasteiger partial charge in [0.1, 0.15) is 6.61 Å². The van der Waals surface area contributed by atoms with E-state index in [0.717, 1.165) is 11.3 Å². The van der Waals surface area contributed by atoms with Gasteiger partial charge in [0.15, 0.2) is 0 Å². The third-order valence-corrected chi connectivity index (χ3v) is 2.49. The van der Waals surface area contributed by atoms with Crippen molar-refractivity contribution >= 4 is 11.8 Å². The minimum absolute atomic E-state index is 0.0181. The molecule has 0 bridgehead atoms. The Hall–Kier alpha value is -1.55. The molecule has 2 N–H and O–H groups in total. The van der Waals surface area contributed by atoms with Gasteiger partial charge in [-0.1, -0.05) is 12.1 Å². The summed E-state index contributed by atoms with van der Waals surface area (Å²) in [5, 5.41) is 0. The number of hydrogen-bond donors (Lipinski definition) is 1. The zero-order valence-corrected chi connectivity index (χ0v) is 8.64. The number of hydrogen-bond acceptors (Lipinski definition) is 3. The molecule has 0 radical (unpaired) electrons. The zero-order valence-electron chi connectivity index (χ0n) is 8.64. The number of carbonyl (C=O) groups is 1. The summed E-state index contributed by atoms with van der Waals surface area (Å²) in [6, 6.07) is 7.68. The normalized spacial score (nSPS) is 17.7. The van der Waals surface area contributed by atoms with Crippen molar-refractivity contribution in [2.75, 3.05) is 18.1 Å². The molecule has 4 heteroatoms. The van der Waals surface area contributed by atoms with Crippen molar-refractivity contribution in [1.29, 1.82) is 0 Å². The van der Waals surface area contributed by atoms with Crippen molar-refractivity contribution in [1.82, 2.24) is 0 Å². The molecule has 0 spiro atoms. The third kappa shape index (κ3) is 1.94. The number of benzene rings is 1. The second-order valence-corrected chi connectivity index (χ2v) is 3.65. The molecule has 0 aliphatic carbocycles. The number of amides is 1. The second kappa shape index (κ2) is 3.90. The predicted molar refractivity (Wildman–Crippen MR) is 57.7 cm³/mol. The van der Waals surface area contributed by atoms with Crippen molar-refractivity contribution in [3.05, 3.63) is 29.8 Å². The van der Waals surface area contributed by atoms with Gasteiger partial charge in [-0.3, -0.25) is 4.90 Å². The van der Waals surface area contributed by atoms with Crippen molar-refractivity contribution in [3.8, 4) is 0 Å². The van der Waals surface area contributed by atoms with Gasteiger partial charge >= 0.3 is 6.09 Å². The highest BCUT2D eigenvalue weighted by molar-refractivity contribution is 5.89. The standard InChI is InChI=1S/C11H14N2O2/c1-8(12)9-2-4-10(5-3-9)13-6-7-15-11(13)14/h2-5,8H,6-7,12H2,1H3/t8-/m0/s1. The molecule has 0 aromatic heterocycles. The number of nitrogens with two attached hydrogens (primary N) is 1. The molecule has 1 heterocycles. The minimum atomic E-state index is -0.274. The van der Waals surface area contributed by atoms with E-state index in [2.05, 4.69) is 0 Å². The summed E-state index contributed by atoms with van der Waals surface area (Å²) in [4.78, 5) is 12.9. The molecule has 4 nitrogen and oxygen atoms in total. The summed E-state index contributed by atoms with van der Waals surface area (Å²) in [6.45, 7) is 3.02. The lowest BCUT2D eigenvalue weighted by Gasteiger charge is -2.13. The van der Waals surface area contributed by atoms with Crippen LogP contribution >= 0.6 is 0 Å². The van der Waals surface area contributed by atoms with E-state index in [0.29, 0.717) is 13.2 Å². The Labute approximate surface area is 88.6 Å². The minimum Gasteiger partial charge on any atom is -0.447 e. The van der Waals surface area contributed by atoms with Crippen LogP contribution in [0.4, 0.5) is 10.5 Å². The van der Waals surface area contributed by atoms with E-state index < -0.39 is 0 Å². The van der Waals surface area contributed by atoms with Gasteiger partial charge in [0.25, 0.3) is 0 Å². The van der Waals surface area contributed by atoms with Crippen LogP contribution in [0.15, 0.2) is 24.3 Å². The first kappa shape index (κ1) is 9.98. The summed E-state index contributed by atoms with van der Waals surface area (Å²) in [5.41, 5.74) is 7.66. The number of carbonyl (C=O) groups excluding carboxylic acids is 1. The molecule has 2 rings (SSSR count). The van der Waals surface area contributed by atoms with Crippen molar-refractivity contribution in [2.45, 2.75) is 13.0 Å². The van der Waals surface area contributed by atoms with Crippen molar-refractivity contribution in [2.24, 2.45) is 5.73 Å². The molecule has 1 aliphatic heterocycles. The quantitative estimate of drug-likeness (QED) is 0.800. The summed E-state index contributed by atoms with van der Waals surface area (Å²) < 4.78 is 4.86. The van der Waals surface area contributed by atoms with Crippen LogP contribution in [0.5, 0.6) is 0 Å². The lowest BCUT2D eigenvalue weighted by atomic mass is 10.1. The Kier molecular flexibility index (Phi) is 2.60. The molecular formula is C11H14N2O2. The maximum absolute atomic E-state index is 11.3. The first-order chi connectivity index (χ1) is 7.18. The average molecular weight is 206 g/mol. The Morgan fingerprint density at radius 2 is 2.07 bits per heavy atom. The van der Waals surface area contributed by atoms with Gasteiger partial charge in [0.05, 0.1) is 6.54 Å². The molecule has 1 fully saturated rings. The van der Waals surface area contributed by atoms with Gasteiger partial charge in [0, 0.05) is 11.7 Å². The first-order valence-corrected chi connectivity index (χ1v) is 4.98. The molecule has 1 aromatic rings. The van der Waals surface area contributed by atoms with Crippen LogP contribution in [0, 0.1) is 0 Å². The molecule has 15 heavy (non-hydrogen) atoms. The van der Waals surface area contributed by atoms with Crippen molar-refractivity contribution in [3.63, 3.8) is 0 Å². The molecule has 0 unspecified atom stereocenters. The van der Waals surface area contributed by atoms with Crippen LogP contribution in [0.1, 0.15) is 18.5 Å². The number of rotatable bonds is 2. The summed E-state index contributed by atoms with van der Waals surface area (Å²) in [5.74, 6) is 0. The lowest BCUT2D eigenvalue weighted by molar-refractivity contribution is 0.181. The fourth-order valence-electron chi connectivity index (χ4n) is 1.59. The summed E-state index contributed by atoms with van der Waals surface area (Å²) in [7, 11) is 0. The van der Waals surface area contributed by atoms with Crippen LogP contribution < -0.4 is 10.6 Å². The molecule has 1 saturated heterocycles. The highest BCUT2D eigenvalue weighted by Crippen LogP contribution is 2.20. The molecule has 1 amide bonds. The van der Waals surface area contributed by atoms with Gasteiger partial charge in [-0.05, 0) is 24.6 Å². The molecule has 0 saturated carbocycles. The van der Waals surface area contributed by atoms with E-state index in [4.69, 9.17) is 10.5 Å². The van der Waals surface area contributed by atoms with E-state index in [9.17, 15) is 4.79 Å². The topological polar surface area (TPSA) is 55.6 Å². The predicted octanol–water partition coefficient (Wildman–Crippen LogP) is 1.66. The van der Waals surface area contributed by atoms with Gasteiger partial charge in [-0.2, -0.15) is 0 Å². The van der Waals surface area contributed by atoms with Crippen LogP contribution in [0.3, 0.4) is 0 Å². The maximum atomic E-state index is 11.3. The van der Waals surface area contributed by atoms with E-state index in [-0.39, 0.29) is 12.1 Å². The van der Waals surface area contributed by atoms with Crippen molar-refractivity contribution < 1.29 is 9.53 Å². The Morgan fingerprint density at radius 1 is 1.40 bits per heavy atom. The largest absolute Gasteiger partial charge is 0.447 e. The van der Waals surface area contributed by atoms with Crippen LogP contribution in [0.25, 0.3) is 0 Å². The van der Waals surface area contributed by atoms with Gasteiger partial charge in [0.2, 0.25) is 0 Å². The highest BCUT2D eigenvalue weighted by Gasteiger charge is 2.23. The fraction of sp³-hybridized carbons (Fsp3) is 0.364. The van der Waals surface area contributed by atoms with Crippen LogP contribution in [-0.4, -0.2) is 19.2 Å². The fourth-order valence-corrected chi connectivity index (χ4v) is 1.59. The lowest BCUT2D eigenvalue weighted by Crippen LogP contribution is -2.23. The van der Waals surface area contributed by atoms with E-state index in [1.54, 1.807) is 4.90 Å². The number of nitrogens with zero attached hydrogens (tertiary/aromatic N) is 1. The SMILES string of the molecule is C[C@H](N)c1ccc(N2CCOC2=O)cc1. The number of ether oxygens (including phenoxy) is 1. The molecular weight excluding hydrogens is 192 g/mol. The van der Waals surface area contributed by atoms with Crippen LogP contribution in [0.2, 0.25) is 0 Å². The van der Waals surface area contributed by atoms with Gasteiger partial charge in [-0.25, -0.2) is 4.79 Å². The molecule has 1 aliphatic rings. The zero-order chi connectivity index (χ0) is 10.8. The monoisotopic (exact) mass is 206 g/mol.